The van der Waals surface area contributed by atoms with Crippen molar-refractivity contribution in [3.8, 4) is 0 Å². The van der Waals surface area contributed by atoms with Gasteiger partial charge in [0.2, 0.25) is 59.1 Å². The van der Waals surface area contributed by atoms with Gasteiger partial charge in [0, 0.05) is 24.3 Å². The van der Waals surface area contributed by atoms with E-state index in [-0.39, 0.29) is 63.8 Å². The molecule has 0 fully saturated rings. The Hall–Kier alpha value is -7.65. The van der Waals surface area contributed by atoms with Crippen molar-refractivity contribution < 1.29 is 57.8 Å². The van der Waals surface area contributed by atoms with Gasteiger partial charge >= 0.3 is 5.97 Å². The standard InChI is InChI=1S/C59H86ClN13O12S/c1-35(2)29-44(56(82)67-41(51(64)77)25-28-86-4)66-49(74)34-65-53(79)45(32-39-21-23-40(60)24-22-39)70-57(83)46(30-37-15-7-5-8-16-37)72-55(81)43(20-12-14-27-62)69-59(85)48(33-50(75)76)73-58(84)47(31-38-17-9-6-10-18-38)71-54(80)42(19-11-13-26-61)68-52(78)36(3)63/h5-10,15-18,21-24,35-36,41-48H,11-14,19-20,25-34,61-63H2,1-4H3,(H2,64,77)(H,65,79)(H,66,74)(H,67,82)(H,68,78)(H,69,85)(H,70,83)(H,71,80)(H,72,81)(H,73,84)(H,75,76)/t36-,41-,42-,43-,44-,45-,46-,47-,48-/m0/s1. The van der Waals surface area contributed by atoms with Gasteiger partial charge in [0.1, 0.15) is 48.3 Å². The lowest BCUT2D eigenvalue weighted by molar-refractivity contribution is -0.141. The summed E-state index contributed by atoms with van der Waals surface area (Å²) >= 11 is 7.63. The number of halogens is 1. The summed E-state index contributed by atoms with van der Waals surface area (Å²) in [4.78, 5) is 150. The van der Waals surface area contributed by atoms with Gasteiger partial charge < -0.3 is 75.9 Å². The van der Waals surface area contributed by atoms with Gasteiger partial charge in [0.05, 0.1) is 19.0 Å². The fourth-order valence-electron chi connectivity index (χ4n) is 8.79. The highest BCUT2D eigenvalue weighted by Crippen LogP contribution is 2.15. The first kappa shape index (κ1) is 72.6. The fraction of sp³-hybridized carbons (Fsp3) is 0.508. The zero-order chi connectivity index (χ0) is 63.7. The number of carbonyl (C=O) groups excluding carboxylic acids is 10. The summed E-state index contributed by atoms with van der Waals surface area (Å²) in [5.41, 5.74) is 24.5. The first-order valence-electron chi connectivity index (χ1n) is 28.6. The monoisotopic (exact) mass is 1240 g/mol. The Morgan fingerprint density at radius 1 is 0.488 bits per heavy atom. The molecule has 0 heterocycles. The van der Waals surface area contributed by atoms with Gasteiger partial charge in [-0.25, -0.2) is 0 Å². The van der Waals surface area contributed by atoms with Crippen molar-refractivity contribution in [2.75, 3.05) is 31.6 Å². The van der Waals surface area contributed by atoms with Crippen molar-refractivity contribution in [2.24, 2.45) is 28.9 Å². The highest BCUT2D eigenvalue weighted by atomic mass is 35.5. The van der Waals surface area contributed by atoms with Gasteiger partial charge in [0.15, 0.2) is 0 Å². The van der Waals surface area contributed by atoms with Crippen molar-refractivity contribution in [1.29, 1.82) is 0 Å². The minimum absolute atomic E-state index is 0.0827. The Labute approximate surface area is 511 Å². The number of amides is 10. The predicted octanol–water partition coefficient (Wildman–Crippen LogP) is -0.273. The van der Waals surface area contributed by atoms with Crippen LogP contribution in [0.3, 0.4) is 0 Å². The first-order valence-corrected chi connectivity index (χ1v) is 30.4. The van der Waals surface area contributed by atoms with Crippen LogP contribution in [0.25, 0.3) is 0 Å². The number of primary amides is 1. The van der Waals surface area contributed by atoms with Gasteiger partial charge in [-0.15, -0.1) is 0 Å². The molecule has 0 aromatic heterocycles. The number of carboxylic acid groups (broad SMARTS) is 1. The Bertz CT molecular complexity index is 2700. The highest BCUT2D eigenvalue weighted by Gasteiger charge is 2.35. The second-order valence-corrected chi connectivity index (χ2v) is 22.7. The lowest BCUT2D eigenvalue weighted by Crippen LogP contribution is -2.60. The van der Waals surface area contributed by atoms with Crippen molar-refractivity contribution in [3.05, 3.63) is 107 Å². The average molecular weight is 1240 g/mol. The Morgan fingerprint density at radius 3 is 1.31 bits per heavy atom. The number of hydrogen-bond donors (Lipinski definition) is 14. The summed E-state index contributed by atoms with van der Waals surface area (Å²) in [6, 6.07) is 11.6. The molecule has 0 aliphatic heterocycles. The zero-order valence-electron chi connectivity index (χ0n) is 49.2. The van der Waals surface area contributed by atoms with E-state index in [0.717, 1.165) is 0 Å². The third-order valence-electron chi connectivity index (χ3n) is 13.5. The Balaban J connectivity index is 1.96. The van der Waals surface area contributed by atoms with Crippen LogP contribution >= 0.6 is 23.4 Å². The van der Waals surface area contributed by atoms with E-state index in [1.165, 1.54) is 18.7 Å². The second kappa shape index (κ2) is 39.1. The molecule has 0 bridgehead atoms. The highest BCUT2D eigenvalue weighted by molar-refractivity contribution is 7.98. The molecule has 0 saturated carbocycles. The van der Waals surface area contributed by atoms with Crippen LogP contribution in [0.15, 0.2) is 84.9 Å². The smallest absolute Gasteiger partial charge is 0.305 e. The normalized spacial score (nSPS) is 14.2. The Kier molecular flexibility index (Phi) is 33.0. The number of benzene rings is 3. The van der Waals surface area contributed by atoms with Crippen LogP contribution in [0.5, 0.6) is 0 Å². The topological polar surface area (TPSA) is 420 Å². The van der Waals surface area contributed by atoms with Crippen LogP contribution in [-0.2, 0) is 72.0 Å². The zero-order valence-corrected chi connectivity index (χ0v) is 50.8. The molecule has 27 heteroatoms. The molecule has 0 spiro atoms. The summed E-state index contributed by atoms with van der Waals surface area (Å²) < 4.78 is 0. The molecule has 3 rings (SSSR count). The van der Waals surface area contributed by atoms with Crippen LogP contribution in [0.2, 0.25) is 5.02 Å². The molecule has 0 unspecified atom stereocenters. The number of nitrogens with two attached hydrogens (primary N) is 4. The minimum atomic E-state index is -1.84. The minimum Gasteiger partial charge on any atom is -0.481 e. The van der Waals surface area contributed by atoms with E-state index in [4.69, 9.17) is 34.5 Å². The molecule has 25 nitrogen and oxygen atoms in total. The third kappa shape index (κ3) is 27.6. The van der Waals surface area contributed by atoms with Crippen molar-refractivity contribution in [2.45, 2.75) is 152 Å². The molecular formula is C59H86ClN13O12S. The summed E-state index contributed by atoms with van der Waals surface area (Å²) in [7, 11) is 0. The number of aliphatic carboxylic acids is 1. The van der Waals surface area contributed by atoms with Crippen molar-refractivity contribution in [3.63, 3.8) is 0 Å². The Morgan fingerprint density at radius 2 is 0.884 bits per heavy atom. The van der Waals surface area contributed by atoms with Gasteiger partial charge in [-0.05, 0) is 118 Å². The number of carboxylic acids is 1. The number of thioether (sulfide) groups is 1. The van der Waals surface area contributed by atoms with E-state index in [1.807, 2.05) is 20.1 Å². The molecule has 86 heavy (non-hydrogen) atoms. The lowest BCUT2D eigenvalue weighted by Gasteiger charge is -2.28. The third-order valence-corrected chi connectivity index (χ3v) is 14.4. The van der Waals surface area contributed by atoms with E-state index in [9.17, 15) is 57.8 Å². The van der Waals surface area contributed by atoms with Crippen molar-refractivity contribution >= 4 is 88.4 Å². The molecule has 0 radical (unpaired) electrons. The molecule has 0 saturated heterocycles. The number of carbonyl (C=O) groups is 11. The fourth-order valence-corrected chi connectivity index (χ4v) is 9.39. The van der Waals surface area contributed by atoms with Crippen LogP contribution in [0.1, 0.15) is 95.2 Å². The second-order valence-electron chi connectivity index (χ2n) is 21.2. The summed E-state index contributed by atoms with van der Waals surface area (Å²) in [5, 5.41) is 33.9. The first-order chi connectivity index (χ1) is 40.9. The van der Waals surface area contributed by atoms with Gasteiger partial charge in [0.25, 0.3) is 0 Å². The molecule has 9 atom stereocenters. The average Bonchev–Trinajstić information content (AvgIpc) is 3.66. The van der Waals surface area contributed by atoms with Gasteiger partial charge in [-0.3, -0.25) is 52.7 Å². The van der Waals surface area contributed by atoms with Gasteiger partial charge in [-0.2, -0.15) is 11.8 Å². The van der Waals surface area contributed by atoms with E-state index >= 15 is 0 Å². The molecule has 3 aromatic carbocycles. The number of nitrogens with one attached hydrogen (secondary N) is 9. The molecule has 0 aliphatic rings. The van der Waals surface area contributed by atoms with E-state index in [0.29, 0.717) is 53.3 Å². The van der Waals surface area contributed by atoms with E-state index < -0.39 is 132 Å². The van der Waals surface area contributed by atoms with Crippen LogP contribution in [-0.4, -0.2) is 156 Å². The van der Waals surface area contributed by atoms with E-state index in [1.54, 1.807) is 84.9 Å². The number of hydrogen-bond acceptors (Lipinski definition) is 15. The quantitative estimate of drug-likeness (QED) is 0.0326. The summed E-state index contributed by atoms with van der Waals surface area (Å²) in [6.07, 6.45) is 2.49. The maximum atomic E-state index is 14.7. The molecule has 3 aromatic rings. The maximum absolute atomic E-state index is 14.7. The summed E-state index contributed by atoms with van der Waals surface area (Å²) in [5.74, 6) is -9.29. The van der Waals surface area contributed by atoms with Crippen LogP contribution in [0, 0.1) is 5.92 Å². The molecule has 10 amide bonds. The van der Waals surface area contributed by atoms with Gasteiger partial charge in [-0.1, -0.05) is 98.2 Å². The predicted molar refractivity (Wildman–Crippen MR) is 327 cm³/mol. The molecule has 472 valence electrons. The van der Waals surface area contributed by atoms with E-state index in [2.05, 4.69) is 47.9 Å². The SMILES string of the molecule is CSCC[C@H](NC(=O)[C@H](CC(C)C)NC(=O)CNC(=O)[C@H](Cc1ccc(Cl)cc1)NC(=O)[C@H](Cc1ccccc1)NC(=O)[C@H](CCCCN)NC(=O)[C@H](CC(=O)O)NC(=O)[C@H](Cc1ccccc1)NC(=O)[C@H](CCCCN)NC(=O)[C@H](C)N)C(N)=O. The van der Waals surface area contributed by atoms with Crippen LogP contribution < -0.4 is 70.8 Å². The largest absolute Gasteiger partial charge is 0.481 e. The molecule has 18 N–H and O–H groups in total. The summed E-state index contributed by atoms with van der Waals surface area (Å²) in [6.45, 7) is 4.95. The van der Waals surface area contributed by atoms with Crippen LogP contribution in [0.4, 0.5) is 0 Å². The lowest BCUT2D eigenvalue weighted by atomic mass is 10.0. The van der Waals surface area contributed by atoms with Crippen molar-refractivity contribution in [1.82, 2.24) is 47.9 Å². The number of rotatable bonds is 40. The maximum Gasteiger partial charge on any atom is 0.305 e. The molecular weight excluding hydrogens is 1150 g/mol. The number of unbranched alkanes of at least 4 members (excludes halogenated alkanes) is 2. The molecule has 0 aliphatic carbocycles.